The molecule has 3 rings (SSSR count). The normalized spacial score (nSPS) is 26.9. The van der Waals surface area contributed by atoms with Crippen molar-refractivity contribution in [3.8, 4) is 0 Å². The minimum atomic E-state index is -0.882. The summed E-state index contributed by atoms with van der Waals surface area (Å²) in [5.74, 6) is -1.90. The molecule has 6 atom stereocenters. The number of urea groups is 1. The van der Waals surface area contributed by atoms with Crippen molar-refractivity contribution in [2.24, 2.45) is 22.7 Å². The molecule has 0 aromatic heterocycles. The number of fused-ring (bicyclic) bond motifs is 1. The number of carbonyl (C=O) groups is 4. The summed E-state index contributed by atoms with van der Waals surface area (Å²) >= 11 is 1.36. The molecular weight excluding hydrogens is 530 g/mol. The Kier molecular flexibility index (Phi) is 10.0. The minimum Gasteiger partial charge on any atom is -0.457 e. The zero-order valence-electron chi connectivity index (χ0n) is 22.2. The SMILES string of the molecule is C=CCOC(=O)C1=C(S[C@H]2C[C@@H](/C(CNC(N)=O)=N/OC)N(C(=O)OCC=C)C2)[C@H](C)[C@@H]2[C@@H]([C@@H](C)O)C(=O)N12. The Morgan fingerprint density at radius 1 is 1.28 bits per heavy atom. The zero-order valence-corrected chi connectivity index (χ0v) is 23.0. The molecule has 3 heterocycles. The third-order valence-electron chi connectivity index (χ3n) is 6.79. The number of hydrogen-bond donors (Lipinski definition) is 3. The van der Waals surface area contributed by atoms with Crippen LogP contribution in [0.1, 0.15) is 20.3 Å². The molecule has 214 valence electrons. The average molecular weight is 566 g/mol. The van der Waals surface area contributed by atoms with Gasteiger partial charge < -0.3 is 35.4 Å². The summed E-state index contributed by atoms with van der Waals surface area (Å²) in [5.41, 5.74) is 5.72. The number of aliphatic hydroxyl groups excluding tert-OH is 1. The minimum absolute atomic E-state index is 0.00286. The van der Waals surface area contributed by atoms with E-state index in [0.29, 0.717) is 17.0 Å². The van der Waals surface area contributed by atoms with Crippen LogP contribution >= 0.6 is 11.8 Å². The molecule has 39 heavy (non-hydrogen) atoms. The molecule has 0 bridgehead atoms. The van der Waals surface area contributed by atoms with Gasteiger partial charge in [-0.2, -0.15) is 0 Å². The third-order valence-corrected chi connectivity index (χ3v) is 8.28. The summed E-state index contributed by atoms with van der Waals surface area (Å²) in [6, 6.07) is -1.76. The van der Waals surface area contributed by atoms with Crippen LogP contribution in [0.5, 0.6) is 0 Å². The lowest BCUT2D eigenvalue weighted by molar-refractivity contribution is -0.164. The standard InChI is InChI=1S/C25H35N5O8S/c1-6-8-37-23(33)20-21(13(3)19-18(14(4)31)22(32)30(19)20)39-15-10-17(16(28-36-5)11-27-24(26)34)29(12-15)25(35)38-9-7-2/h6-7,13-15,17-19,31H,1-2,8-12H2,3-5H3,(H3,26,27,34)/b28-16+/t13-,14-,15+,17+,18-,19-/m1/s1. The Morgan fingerprint density at radius 2 is 1.95 bits per heavy atom. The van der Waals surface area contributed by atoms with Crippen molar-refractivity contribution < 1.29 is 38.6 Å². The van der Waals surface area contributed by atoms with Crippen LogP contribution < -0.4 is 11.1 Å². The number of ether oxygens (including phenoxy) is 2. The fourth-order valence-electron chi connectivity index (χ4n) is 5.17. The molecule has 2 fully saturated rings. The monoisotopic (exact) mass is 565 g/mol. The molecular formula is C25H35N5O8S. The van der Waals surface area contributed by atoms with Gasteiger partial charge in [-0.15, -0.1) is 11.8 Å². The van der Waals surface area contributed by atoms with Crippen molar-refractivity contribution in [3.05, 3.63) is 35.9 Å². The second kappa shape index (κ2) is 13.0. The molecule has 0 radical (unpaired) electrons. The summed E-state index contributed by atoms with van der Waals surface area (Å²) < 4.78 is 10.6. The third kappa shape index (κ3) is 6.22. The van der Waals surface area contributed by atoms with Gasteiger partial charge in [-0.25, -0.2) is 14.4 Å². The number of primary amides is 1. The molecule has 2 saturated heterocycles. The fourth-order valence-corrected chi connectivity index (χ4v) is 6.69. The number of nitrogens with two attached hydrogens (primary N) is 1. The van der Waals surface area contributed by atoms with Crippen molar-refractivity contribution in [1.82, 2.24) is 15.1 Å². The van der Waals surface area contributed by atoms with Crippen molar-refractivity contribution in [2.75, 3.05) is 33.4 Å². The number of oxime groups is 1. The Balaban J connectivity index is 1.93. The van der Waals surface area contributed by atoms with E-state index in [0.717, 1.165) is 0 Å². The largest absolute Gasteiger partial charge is 0.457 e. The van der Waals surface area contributed by atoms with Crippen LogP contribution in [0, 0.1) is 11.8 Å². The molecule has 0 saturated carbocycles. The summed E-state index contributed by atoms with van der Waals surface area (Å²) in [6.45, 7) is 10.7. The maximum Gasteiger partial charge on any atom is 0.410 e. The number of carbonyl (C=O) groups excluding carboxylic acids is 4. The molecule has 0 unspecified atom stereocenters. The topological polar surface area (TPSA) is 173 Å². The predicted octanol–water partition coefficient (Wildman–Crippen LogP) is 0.954. The fraction of sp³-hybridized carbons (Fsp3) is 0.560. The second-order valence-electron chi connectivity index (χ2n) is 9.35. The van der Waals surface area contributed by atoms with E-state index in [-0.39, 0.29) is 55.1 Å². The van der Waals surface area contributed by atoms with Gasteiger partial charge in [-0.1, -0.05) is 37.4 Å². The summed E-state index contributed by atoms with van der Waals surface area (Å²) in [6.07, 6.45) is 1.76. The Hall–Kier alpha value is -3.52. The highest BCUT2D eigenvalue weighted by atomic mass is 32.2. The molecule has 14 heteroatoms. The first-order valence-electron chi connectivity index (χ1n) is 12.4. The van der Waals surface area contributed by atoms with Crippen LogP contribution in [-0.4, -0.2) is 101 Å². The van der Waals surface area contributed by atoms with Crippen molar-refractivity contribution in [2.45, 2.75) is 43.7 Å². The van der Waals surface area contributed by atoms with Crippen LogP contribution in [0.2, 0.25) is 0 Å². The van der Waals surface area contributed by atoms with E-state index >= 15 is 0 Å². The van der Waals surface area contributed by atoms with Gasteiger partial charge in [0, 0.05) is 22.6 Å². The molecule has 0 aliphatic carbocycles. The van der Waals surface area contributed by atoms with E-state index in [1.807, 2.05) is 6.92 Å². The van der Waals surface area contributed by atoms with Gasteiger partial charge in [0.2, 0.25) is 5.91 Å². The lowest BCUT2D eigenvalue weighted by Crippen LogP contribution is -2.63. The number of nitrogens with one attached hydrogen (secondary N) is 1. The smallest absolute Gasteiger partial charge is 0.410 e. The van der Waals surface area contributed by atoms with Crippen LogP contribution in [-0.2, 0) is 23.9 Å². The van der Waals surface area contributed by atoms with Gasteiger partial charge in [-0.05, 0) is 13.3 Å². The zero-order chi connectivity index (χ0) is 28.9. The van der Waals surface area contributed by atoms with E-state index in [1.54, 1.807) is 6.92 Å². The quantitative estimate of drug-likeness (QED) is 0.102. The lowest BCUT2D eigenvalue weighted by atomic mass is 9.79. The van der Waals surface area contributed by atoms with E-state index in [9.17, 15) is 24.3 Å². The van der Waals surface area contributed by atoms with Crippen LogP contribution in [0.15, 0.2) is 41.1 Å². The summed E-state index contributed by atoms with van der Waals surface area (Å²) in [7, 11) is 1.35. The lowest BCUT2D eigenvalue weighted by Gasteiger charge is -2.46. The maximum atomic E-state index is 13.1. The number of likely N-dealkylation sites (tertiary alicyclic amines) is 1. The van der Waals surface area contributed by atoms with Gasteiger partial charge in [-0.3, -0.25) is 9.69 Å². The number of aliphatic hydroxyl groups is 1. The molecule has 0 aromatic rings. The van der Waals surface area contributed by atoms with Gasteiger partial charge in [0.1, 0.15) is 26.0 Å². The molecule has 4 N–H and O–H groups in total. The Morgan fingerprint density at radius 3 is 2.54 bits per heavy atom. The van der Waals surface area contributed by atoms with Gasteiger partial charge in [0.25, 0.3) is 0 Å². The number of rotatable bonds is 12. The first-order valence-corrected chi connectivity index (χ1v) is 13.3. The highest BCUT2D eigenvalue weighted by molar-refractivity contribution is 8.03. The summed E-state index contributed by atoms with van der Waals surface area (Å²) in [4.78, 5) is 58.7. The highest BCUT2D eigenvalue weighted by Gasteiger charge is 2.60. The number of thioether (sulfide) groups is 1. The molecule has 0 spiro atoms. The van der Waals surface area contributed by atoms with Crippen LogP contribution in [0.4, 0.5) is 9.59 Å². The second-order valence-corrected chi connectivity index (χ2v) is 10.7. The van der Waals surface area contributed by atoms with Crippen molar-refractivity contribution in [1.29, 1.82) is 0 Å². The molecule has 13 nitrogen and oxygen atoms in total. The number of hydrogen-bond acceptors (Lipinski definition) is 10. The average Bonchev–Trinajstić information content (AvgIpc) is 3.41. The Bertz CT molecular complexity index is 1080. The van der Waals surface area contributed by atoms with E-state index in [1.165, 1.54) is 40.8 Å². The summed E-state index contributed by atoms with van der Waals surface area (Å²) in [5, 5.41) is 16.4. The number of nitrogens with zero attached hydrogens (tertiary/aromatic N) is 3. The molecule has 0 aromatic carbocycles. The van der Waals surface area contributed by atoms with Gasteiger partial charge >= 0.3 is 18.1 Å². The molecule has 3 aliphatic heterocycles. The number of amides is 4. The van der Waals surface area contributed by atoms with Crippen molar-refractivity contribution in [3.63, 3.8) is 0 Å². The van der Waals surface area contributed by atoms with E-state index in [2.05, 4.69) is 23.6 Å². The molecule has 4 amide bonds. The number of esters is 1. The highest BCUT2D eigenvalue weighted by Crippen LogP contribution is 2.52. The van der Waals surface area contributed by atoms with Crippen LogP contribution in [0.3, 0.4) is 0 Å². The van der Waals surface area contributed by atoms with Crippen LogP contribution in [0.25, 0.3) is 0 Å². The predicted molar refractivity (Wildman–Crippen MR) is 143 cm³/mol. The van der Waals surface area contributed by atoms with Gasteiger partial charge in [0.15, 0.2) is 0 Å². The first-order chi connectivity index (χ1) is 18.6. The first kappa shape index (κ1) is 30.0. The molecule has 3 aliphatic rings. The van der Waals surface area contributed by atoms with Gasteiger partial charge in [0.05, 0.1) is 36.4 Å². The Labute approximate surface area is 231 Å². The number of β-lactam (4-membered cyclic amide) rings is 1. The van der Waals surface area contributed by atoms with Crippen molar-refractivity contribution >= 4 is 41.5 Å². The van der Waals surface area contributed by atoms with E-state index < -0.39 is 36.2 Å². The maximum absolute atomic E-state index is 13.1. The van der Waals surface area contributed by atoms with E-state index in [4.69, 9.17) is 20.0 Å².